The molecule has 10 heteroatoms. The van der Waals surface area contributed by atoms with Gasteiger partial charge in [-0.15, -0.1) is 0 Å². The van der Waals surface area contributed by atoms with E-state index >= 15 is 0 Å². The number of carbonyl (C=O) groups is 1. The lowest BCUT2D eigenvalue weighted by molar-refractivity contribution is -0.154. The highest BCUT2D eigenvalue weighted by atomic mass is 31.2. The van der Waals surface area contributed by atoms with Gasteiger partial charge in [0.2, 0.25) is 0 Å². The number of hydrogen-bond donors (Lipinski definition) is 3. The molecule has 3 unspecified atom stereocenters. The lowest BCUT2D eigenvalue weighted by Crippen LogP contribution is -2.29. The van der Waals surface area contributed by atoms with Crippen molar-refractivity contribution < 1.29 is 43.0 Å². The van der Waals surface area contributed by atoms with Crippen molar-refractivity contribution in [2.75, 3.05) is 33.0 Å². The number of carbonyl (C=O) groups excluding carboxylic acids is 1. The molecular formula is C43H83O9P. The Hall–Kier alpha value is -1.06. The molecule has 0 radical (unpaired) electrons. The van der Waals surface area contributed by atoms with E-state index in [-0.39, 0.29) is 19.6 Å². The fraction of sp³-hybridized carbons (Fsp3) is 0.884. The molecule has 0 aromatic carbocycles. The molecule has 0 aliphatic rings. The average Bonchev–Trinajstić information content (AvgIpc) is 3.15. The first-order valence-electron chi connectivity index (χ1n) is 21.8. The third kappa shape index (κ3) is 40.4. The van der Waals surface area contributed by atoms with E-state index in [1.807, 2.05) is 0 Å². The number of unbranched alkanes of at least 4 members (excludes halogenated alkanes) is 24. The second-order valence-corrected chi connectivity index (χ2v) is 16.2. The predicted molar refractivity (Wildman–Crippen MR) is 219 cm³/mol. The molecule has 0 saturated heterocycles. The minimum atomic E-state index is -4.51. The fourth-order valence-corrected chi connectivity index (χ4v) is 6.79. The number of phosphoric acid groups is 1. The number of allylic oxidation sites excluding steroid dienone is 4. The van der Waals surface area contributed by atoms with Gasteiger partial charge >= 0.3 is 13.8 Å². The summed E-state index contributed by atoms with van der Waals surface area (Å²) >= 11 is 0. The highest BCUT2D eigenvalue weighted by Crippen LogP contribution is 2.43. The fourth-order valence-electron chi connectivity index (χ4n) is 6.00. The molecule has 0 fully saturated rings. The third-order valence-electron chi connectivity index (χ3n) is 9.34. The van der Waals surface area contributed by atoms with Crippen LogP contribution in [0, 0.1) is 0 Å². The van der Waals surface area contributed by atoms with Crippen LogP contribution in [0.3, 0.4) is 0 Å². The summed E-state index contributed by atoms with van der Waals surface area (Å²) in [5, 5.41) is 18.3. The topological polar surface area (TPSA) is 132 Å². The van der Waals surface area contributed by atoms with Crippen LogP contribution in [0.25, 0.3) is 0 Å². The van der Waals surface area contributed by atoms with Crippen molar-refractivity contribution >= 4 is 13.8 Å². The van der Waals surface area contributed by atoms with Gasteiger partial charge in [-0.25, -0.2) is 4.57 Å². The molecule has 0 aliphatic carbocycles. The first-order valence-corrected chi connectivity index (χ1v) is 23.3. The molecule has 0 aliphatic heterocycles. The van der Waals surface area contributed by atoms with Crippen LogP contribution in [0.1, 0.15) is 200 Å². The zero-order chi connectivity index (χ0) is 38.9. The number of rotatable bonds is 42. The molecule has 0 heterocycles. The van der Waals surface area contributed by atoms with Crippen LogP contribution < -0.4 is 0 Å². The van der Waals surface area contributed by atoms with Crippen molar-refractivity contribution in [1.29, 1.82) is 0 Å². The molecule has 0 amide bonds. The van der Waals surface area contributed by atoms with Gasteiger partial charge in [0.05, 0.1) is 26.4 Å². The molecular weight excluding hydrogens is 691 g/mol. The molecule has 314 valence electrons. The number of phosphoric ester groups is 1. The van der Waals surface area contributed by atoms with Crippen molar-refractivity contribution in [2.45, 2.75) is 212 Å². The summed E-state index contributed by atoms with van der Waals surface area (Å²) in [5.41, 5.74) is 0. The monoisotopic (exact) mass is 775 g/mol. The zero-order valence-electron chi connectivity index (χ0n) is 34.2. The Balaban J connectivity index is 4.04. The number of aliphatic hydroxyl groups excluding tert-OH is 2. The highest BCUT2D eigenvalue weighted by Gasteiger charge is 2.26. The van der Waals surface area contributed by atoms with Gasteiger partial charge in [0, 0.05) is 13.0 Å². The van der Waals surface area contributed by atoms with E-state index in [1.54, 1.807) is 0 Å². The molecule has 0 aromatic heterocycles. The maximum Gasteiger partial charge on any atom is 0.472 e. The molecule has 0 aromatic rings. The first kappa shape index (κ1) is 51.9. The summed E-state index contributed by atoms with van der Waals surface area (Å²) in [4.78, 5) is 22.5. The van der Waals surface area contributed by atoms with Crippen LogP contribution in [0.5, 0.6) is 0 Å². The molecule has 53 heavy (non-hydrogen) atoms. The summed E-state index contributed by atoms with van der Waals surface area (Å²) in [7, 11) is -4.51. The van der Waals surface area contributed by atoms with Gasteiger partial charge in [0.15, 0.2) is 0 Å². The van der Waals surface area contributed by atoms with Crippen molar-refractivity contribution in [3.63, 3.8) is 0 Å². The van der Waals surface area contributed by atoms with Crippen LogP contribution in [0.4, 0.5) is 0 Å². The molecule has 3 N–H and O–H groups in total. The van der Waals surface area contributed by atoms with E-state index in [1.165, 1.54) is 116 Å². The quantitative estimate of drug-likeness (QED) is 0.0240. The van der Waals surface area contributed by atoms with E-state index in [2.05, 4.69) is 38.2 Å². The summed E-state index contributed by atoms with van der Waals surface area (Å²) in [6, 6.07) is 0. The van der Waals surface area contributed by atoms with Crippen LogP contribution in [-0.4, -0.2) is 66.3 Å². The van der Waals surface area contributed by atoms with Gasteiger partial charge in [-0.3, -0.25) is 13.8 Å². The number of ether oxygens (including phenoxy) is 2. The molecule has 0 saturated carbocycles. The summed E-state index contributed by atoms with van der Waals surface area (Å²) in [6.07, 6.45) is 41.5. The highest BCUT2D eigenvalue weighted by molar-refractivity contribution is 7.47. The van der Waals surface area contributed by atoms with Gasteiger partial charge in [-0.1, -0.05) is 160 Å². The zero-order valence-corrected chi connectivity index (χ0v) is 35.1. The predicted octanol–water partition coefficient (Wildman–Crippen LogP) is 11.9. The van der Waals surface area contributed by atoms with Crippen molar-refractivity contribution in [2.24, 2.45) is 0 Å². The summed E-state index contributed by atoms with van der Waals surface area (Å²) in [6.45, 7) is 3.46. The van der Waals surface area contributed by atoms with Gasteiger partial charge in [-0.05, 0) is 57.8 Å². The van der Waals surface area contributed by atoms with Crippen LogP contribution >= 0.6 is 7.82 Å². The van der Waals surface area contributed by atoms with Gasteiger partial charge < -0.3 is 24.6 Å². The summed E-state index contributed by atoms with van der Waals surface area (Å²) in [5.74, 6) is -0.393. The second-order valence-electron chi connectivity index (χ2n) is 14.7. The first-order chi connectivity index (χ1) is 25.8. The molecule has 9 nitrogen and oxygen atoms in total. The Labute approximate surface area is 325 Å². The van der Waals surface area contributed by atoms with Gasteiger partial charge in [-0.2, -0.15) is 0 Å². The molecule has 0 bridgehead atoms. The van der Waals surface area contributed by atoms with Crippen molar-refractivity contribution in [1.82, 2.24) is 0 Å². The molecule has 0 rings (SSSR count). The number of esters is 1. The molecule has 3 atom stereocenters. The standard InChI is InChI=1S/C43H83O9P/c1-3-5-7-9-11-13-15-16-17-18-19-20-21-22-23-24-25-26-28-30-32-34-36-49-39-42(40-51-53(47,48)50-38-41(45)37-44)52-43(46)35-33-31-29-27-14-12-10-8-6-4-2/h8,10,18-19,41-42,44-45H,3-7,9,11-17,20-40H2,1-2H3,(H,47,48)/b10-8-,19-18-. The smallest absolute Gasteiger partial charge is 0.457 e. The summed E-state index contributed by atoms with van der Waals surface area (Å²) < 4.78 is 33.3. The maximum absolute atomic E-state index is 12.5. The Morgan fingerprint density at radius 2 is 1.00 bits per heavy atom. The third-order valence-corrected chi connectivity index (χ3v) is 10.3. The van der Waals surface area contributed by atoms with E-state index in [0.29, 0.717) is 6.61 Å². The lowest BCUT2D eigenvalue weighted by Gasteiger charge is -2.20. The van der Waals surface area contributed by atoms with Crippen LogP contribution in [-0.2, 0) is 27.9 Å². The van der Waals surface area contributed by atoms with Crippen LogP contribution in [0.2, 0.25) is 0 Å². The second kappa shape index (κ2) is 40.6. The average molecular weight is 775 g/mol. The van der Waals surface area contributed by atoms with Crippen LogP contribution in [0.15, 0.2) is 24.3 Å². The largest absolute Gasteiger partial charge is 0.472 e. The Morgan fingerprint density at radius 3 is 1.49 bits per heavy atom. The minimum Gasteiger partial charge on any atom is -0.457 e. The Morgan fingerprint density at radius 1 is 0.566 bits per heavy atom. The number of hydrogen-bond acceptors (Lipinski definition) is 8. The van der Waals surface area contributed by atoms with E-state index in [0.717, 1.165) is 64.2 Å². The maximum atomic E-state index is 12.5. The van der Waals surface area contributed by atoms with E-state index in [4.69, 9.17) is 23.6 Å². The Kier molecular flexibility index (Phi) is 39.8. The van der Waals surface area contributed by atoms with Gasteiger partial charge in [0.1, 0.15) is 12.2 Å². The SMILES string of the molecule is CCC/C=C\CCCCCCCC(=O)OC(COCCCCCCCCCCCC/C=C\CCCCCCCCCC)COP(=O)(O)OCC(O)CO. The lowest BCUT2D eigenvalue weighted by atomic mass is 10.1. The normalized spacial score (nSPS) is 14.3. The minimum absolute atomic E-state index is 0.0472. The van der Waals surface area contributed by atoms with Gasteiger partial charge in [0.25, 0.3) is 0 Å². The van der Waals surface area contributed by atoms with E-state index < -0.39 is 39.2 Å². The van der Waals surface area contributed by atoms with E-state index in [9.17, 15) is 19.4 Å². The molecule has 0 spiro atoms. The van der Waals surface area contributed by atoms with Crippen molar-refractivity contribution in [3.8, 4) is 0 Å². The Bertz CT molecular complexity index is 882. The van der Waals surface area contributed by atoms with Crippen molar-refractivity contribution in [3.05, 3.63) is 24.3 Å². The number of aliphatic hydroxyl groups is 2.